The van der Waals surface area contributed by atoms with Crippen LogP contribution in [0.5, 0.6) is 0 Å². The molecule has 0 aliphatic carbocycles. The highest BCUT2D eigenvalue weighted by Gasteiger charge is 2.18. The van der Waals surface area contributed by atoms with Crippen LogP contribution in [0.2, 0.25) is 0 Å². The second-order valence-corrected chi connectivity index (χ2v) is 4.60. The lowest BCUT2D eigenvalue weighted by atomic mass is 10.3. The lowest BCUT2D eigenvalue weighted by Gasteiger charge is -2.15. The van der Waals surface area contributed by atoms with Crippen molar-refractivity contribution < 1.29 is 4.79 Å². The van der Waals surface area contributed by atoms with Crippen LogP contribution in [0.15, 0.2) is 47.8 Å². The largest absolute Gasteiger partial charge is 0.347 e. The molecular weight excluding hydrogens is 270 g/mol. The summed E-state index contributed by atoms with van der Waals surface area (Å²) >= 11 is 0. The zero-order valence-electron chi connectivity index (χ0n) is 11.4. The van der Waals surface area contributed by atoms with Gasteiger partial charge in [-0.3, -0.25) is 14.0 Å². The standard InChI is InChI=1S/C14H13N5O2/c1-18(9-11-15-5-6-16-11)13(20)10-8-17-12-4-2-3-7-19(12)14(10)21/h2-8H,9H2,1H3,(H,15,16). The van der Waals surface area contributed by atoms with E-state index in [2.05, 4.69) is 15.0 Å². The molecule has 0 atom stereocenters. The van der Waals surface area contributed by atoms with Crippen molar-refractivity contribution in [1.29, 1.82) is 0 Å². The smallest absolute Gasteiger partial charge is 0.270 e. The summed E-state index contributed by atoms with van der Waals surface area (Å²) in [7, 11) is 1.62. The Hall–Kier alpha value is -2.96. The summed E-state index contributed by atoms with van der Waals surface area (Å²) < 4.78 is 1.36. The number of H-pyrrole nitrogens is 1. The van der Waals surface area contributed by atoms with Gasteiger partial charge in [0.05, 0.1) is 6.54 Å². The van der Waals surface area contributed by atoms with E-state index in [0.717, 1.165) is 0 Å². The number of nitrogens with zero attached hydrogens (tertiary/aromatic N) is 4. The average molecular weight is 283 g/mol. The van der Waals surface area contributed by atoms with E-state index < -0.39 is 0 Å². The first-order chi connectivity index (χ1) is 10.2. The highest BCUT2D eigenvalue weighted by atomic mass is 16.2. The Morgan fingerprint density at radius 2 is 2.24 bits per heavy atom. The molecule has 3 aromatic rings. The Morgan fingerprint density at radius 3 is 3.00 bits per heavy atom. The lowest BCUT2D eigenvalue weighted by Crippen LogP contribution is -2.33. The molecule has 21 heavy (non-hydrogen) atoms. The quantitative estimate of drug-likeness (QED) is 0.766. The Bertz CT molecular complexity index is 838. The number of hydrogen-bond acceptors (Lipinski definition) is 4. The van der Waals surface area contributed by atoms with Crippen molar-refractivity contribution in [1.82, 2.24) is 24.3 Å². The van der Waals surface area contributed by atoms with Crippen molar-refractivity contribution in [2.24, 2.45) is 0 Å². The molecule has 0 unspecified atom stereocenters. The highest BCUT2D eigenvalue weighted by Crippen LogP contribution is 2.03. The number of amides is 1. The fourth-order valence-corrected chi connectivity index (χ4v) is 2.06. The zero-order chi connectivity index (χ0) is 14.8. The number of fused-ring (bicyclic) bond motifs is 1. The molecule has 0 saturated carbocycles. The number of aromatic nitrogens is 4. The van der Waals surface area contributed by atoms with E-state index in [1.54, 1.807) is 43.8 Å². The molecule has 106 valence electrons. The molecule has 0 aliphatic heterocycles. The van der Waals surface area contributed by atoms with E-state index in [4.69, 9.17) is 0 Å². The van der Waals surface area contributed by atoms with Gasteiger partial charge in [0, 0.05) is 31.8 Å². The third-order valence-electron chi connectivity index (χ3n) is 3.13. The predicted octanol–water partition coefficient (Wildman–Crippen LogP) is 0.690. The highest BCUT2D eigenvalue weighted by molar-refractivity contribution is 5.93. The van der Waals surface area contributed by atoms with Crippen molar-refractivity contribution in [3.05, 3.63) is 64.7 Å². The van der Waals surface area contributed by atoms with E-state index in [9.17, 15) is 9.59 Å². The van der Waals surface area contributed by atoms with Gasteiger partial charge in [0.2, 0.25) is 0 Å². The van der Waals surface area contributed by atoms with Gasteiger partial charge in [-0.15, -0.1) is 0 Å². The van der Waals surface area contributed by atoms with Crippen molar-refractivity contribution in [3.8, 4) is 0 Å². The second-order valence-electron chi connectivity index (χ2n) is 4.60. The topological polar surface area (TPSA) is 83.4 Å². The van der Waals surface area contributed by atoms with Gasteiger partial charge < -0.3 is 9.88 Å². The fraction of sp³-hybridized carbons (Fsp3) is 0.143. The third-order valence-corrected chi connectivity index (χ3v) is 3.13. The third kappa shape index (κ3) is 2.40. The van der Waals surface area contributed by atoms with Crippen LogP contribution < -0.4 is 5.56 Å². The van der Waals surface area contributed by atoms with E-state index in [1.807, 2.05) is 0 Å². The number of pyridine rings is 1. The van der Waals surface area contributed by atoms with Gasteiger partial charge in [0.1, 0.15) is 17.0 Å². The summed E-state index contributed by atoms with van der Waals surface area (Å²) in [6.45, 7) is 0.294. The molecule has 7 nitrogen and oxygen atoms in total. The minimum Gasteiger partial charge on any atom is -0.347 e. The number of aromatic amines is 1. The zero-order valence-corrected chi connectivity index (χ0v) is 11.4. The van der Waals surface area contributed by atoms with Crippen molar-refractivity contribution in [3.63, 3.8) is 0 Å². The Balaban J connectivity index is 1.94. The van der Waals surface area contributed by atoms with Crippen LogP contribution in [0.3, 0.4) is 0 Å². The molecule has 1 amide bonds. The monoisotopic (exact) mass is 283 g/mol. The Morgan fingerprint density at radius 1 is 1.38 bits per heavy atom. The van der Waals surface area contributed by atoms with E-state index in [0.29, 0.717) is 18.0 Å². The molecule has 0 aromatic carbocycles. The van der Waals surface area contributed by atoms with Crippen LogP contribution in [0, 0.1) is 0 Å². The predicted molar refractivity (Wildman–Crippen MR) is 75.8 cm³/mol. The van der Waals surface area contributed by atoms with Crippen LogP contribution >= 0.6 is 0 Å². The molecule has 0 fully saturated rings. The summed E-state index contributed by atoms with van der Waals surface area (Å²) in [5.74, 6) is 0.266. The van der Waals surface area contributed by atoms with Gasteiger partial charge in [-0.05, 0) is 12.1 Å². The number of carbonyl (C=O) groups excluding carboxylic acids is 1. The minimum absolute atomic E-state index is 0.0350. The van der Waals surface area contributed by atoms with Crippen molar-refractivity contribution in [2.45, 2.75) is 6.54 Å². The number of rotatable bonds is 3. The molecule has 1 N–H and O–H groups in total. The number of hydrogen-bond donors (Lipinski definition) is 1. The summed E-state index contributed by atoms with van der Waals surface area (Å²) in [5, 5.41) is 0. The van der Waals surface area contributed by atoms with Gasteiger partial charge in [-0.25, -0.2) is 9.97 Å². The molecule has 3 aromatic heterocycles. The van der Waals surface area contributed by atoms with E-state index in [-0.39, 0.29) is 17.0 Å². The van der Waals surface area contributed by atoms with Crippen LogP contribution in [0.1, 0.15) is 16.2 Å². The first-order valence-corrected chi connectivity index (χ1v) is 6.37. The van der Waals surface area contributed by atoms with Gasteiger partial charge in [0.25, 0.3) is 11.5 Å². The molecule has 0 aliphatic rings. The number of nitrogens with one attached hydrogen (secondary N) is 1. The van der Waals surface area contributed by atoms with Crippen LogP contribution in [0.25, 0.3) is 5.65 Å². The van der Waals surface area contributed by atoms with Crippen LogP contribution in [-0.2, 0) is 6.54 Å². The lowest BCUT2D eigenvalue weighted by molar-refractivity contribution is 0.0779. The molecule has 0 saturated heterocycles. The summed E-state index contributed by atoms with van der Waals surface area (Å²) in [6.07, 6.45) is 6.20. The van der Waals surface area contributed by atoms with Gasteiger partial charge >= 0.3 is 0 Å². The molecule has 3 heterocycles. The summed E-state index contributed by atoms with van der Waals surface area (Å²) in [5.41, 5.74) is 0.164. The molecule has 7 heteroatoms. The first-order valence-electron chi connectivity index (χ1n) is 6.37. The van der Waals surface area contributed by atoms with Gasteiger partial charge in [-0.2, -0.15) is 0 Å². The van der Waals surface area contributed by atoms with Crippen molar-refractivity contribution in [2.75, 3.05) is 7.05 Å². The fourth-order valence-electron chi connectivity index (χ4n) is 2.06. The number of carbonyl (C=O) groups is 1. The molecule has 3 rings (SSSR count). The molecule has 0 bridgehead atoms. The van der Waals surface area contributed by atoms with Crippen molar-refractivity contribution >= 4 is 11.6 Å². The maximum Gasteiger partial charge on any atom is 0.270 e. The Kier molecular flexibility index (Phi) is 3.23. The van der Waals surface area contributed by atoms with Crippen LogP contribution in [0.4, 0.5) is 0 Å². The Labute approximate surface area is 119 Å². The maximum absolute atomic E-state index is 12.4. The SMILES string of the molecule is CN(Cc1ncc[nH]1)C(=O)c1cnc2ccccn2c1=O. The summed E-state index contributed by atoms with van der Waals surface area (Å²) in [4.78, 5) is 37.2. The molecular formula is C14H13N5O2. The molecule has 0 spiro atoms. The minimum atomic E-state index is -0.387. The molecule has 0 radical (unpaired) electrons. The second kappa shape index (κ2) is 5.20. The maximum atomic E-state index is 12.4. The number of imidazole rings is 1. The normalized spacial score (nSPS) is 10.7. The van der Waals surface area contributed by atoms with Crippen LogP contribution in [-0.4, -0.2) is 37.2 Å². The van der Waals surface area contributed by atoms with E-state index >= 15 is 0 Å². The average Bonchev–Trinajstić information content (AvgIpc) is 3.00. The first kappa shape index (κ1) is 13.0. The van der Waals surface area contributed by atoms with Gasteiger partial charge in [-0.1, -0.05) is 6.07 Å². The summed E-state index contributed by atoms with van der Waals surface area (Å²) in [6, 6.07) is 5.21. The van der Waals surface area contributed by atoms with E-state index in [1.165, 1.54) is 15.5 Å². The van der Waals surface area contributed by atoms with Gasteiger partial charge in [0.15, 0.2) is 0 Å².